The van der Waals surface area contributed by atoms with E-state index in [4.69, 9.17) is 11.6 Å². The summed E-state index contributed by atoms with van der Waals surface area (Å²) in [5, 5.41) is 6.05. The molecule has 0 aliphatic carbocycles. The first-order valence-electron chi connectivity index (χ1n) is 5.12. The molecule has 0 heterocycles. The average molecular weight is 239 g/mol. The lowest BCUT2D eigenvalue weighted by Gasteiger charge is -2.04. The molecular weight excluding hydrogens is 224 g/mol. The number of carbonyl (C=O) groups excluding carboxylic acids is 1. The van der Waals surface area contributed by atoms with Crippen molar-refractivity contribution in [2.24, 2.45) is 0 Å². The molecule has 0 radical (unpaired) electrons. The van der Waals surface area contributed by atoms with Gasteiger partial charge in [0, 0.05) is 17.8 Å². The van der Waals surface area contributed by atoms with Crippen molar-refractivity contribution < 1.29 is 4.79 Å². The summed E-state index contributed by atoms with van der Waals surface area (Å²) in [5.74, 6) is 0. The highest BCUT2D eigenvalue weighted by Crippen LogP contribution is 2.09. The van der Waals surface area contributed by atoms with Crippen molar-refractivity contribution in [1.82, 2.24) is 10.6 Å². The predicted molar refractivity (Wildman–Crippen MR) is 66.5 cm³/mol. The van der Waals surface area contributed by atoms with Gasteiger partial charge < -0.3 is 10.6 Å². The second-order valence-corrected chi connectivity index (χ2v) is 3.71. The number of amides is 2. The van der Waals surface area contributed by atoms with Crippen LogP contribution in [0.3, 0.4) is 0 Å². The fraction of sp³-hybridized carbons (Fsp3) is 0.250. The van der Waals surface area contributed by atoms with E-state index in [-0.39, 0.29) is 6.03 Å². The maximum absolute atomic E-state index is 11.2. The Balaban J connectivity index is 2.25. The van der Waals surface area contributed by atoms with Crippen LogP contribution in [0.15, 0.2) is 36.5 Å². The summed E-state index contributed by atoms with van der Waals surface area (Å²) in [6.45, 7) is 2.44. The molecule has 2 amide bonds. The number of benzene rings is 1. The molecule has 0 fully saturated rings. The van der Waals surface area contributed by atoms with E-state index in [1.54, 1.807) is 12.3 Å². The number of halogens is 1. The lowest BCUT2D eigenvalue weighted by Crippen LogP contribution is -2.33. The zero-order valence-corrected chi connectivity index (χ0v) is 9.92. The van der Waals surface area contributed by atoms with Gasteiger partial charge in [0.15, 0.2) is 0 Å². The van der Waals surface area contributed by atoms with Gasteiger partial charge >= 0.3 is 6.03 Å². The van der Waals surface area contributed by atoms with Gasteiger partial charge in [0.05, 0.1) is 0 Å². The second kappa shape index (κ2) is 6.90. The smallest absolute Gasteiger partial charge is 0.318 e. The molecule has 0 aliphatic rings. The largest absolute Gasteiger partial charge is 0.338 e. The SMILES string of the molecule is C/C=C/NC(=O)NCCc1ccc(Cl)cc1. The first-order chi connectivity index (χ1) is 7.72. The van der Waals surface area contributed by atoms with Gasteiger partial charge in [0.25, 0.3) is 0 Å². The molecule has 1 rings (SSSR count). The Morgan fingerprint density at radius 1 is 1.38 bits per heavy atom. The molecule has 1 aromatic rings. The van der Waals surface area contributed by atoms with Crippen LogP contribution >= 0.6 is 11.6 Å². The molecule has 0 bridgehead atoms. The summed E-state index contributed by atoms with van der Waals surface area (Å²) in [7, 11) is 0. The van der Waals surface area contributed by atoms with Crippen LogP contribution in [-0.4, -0.2) is 12.6 Å². The van der Waals surface area contributed by atoms with E-state index < -0.39 is 0 Å². The Bertz CT molecular complexity index is 360. The van der Waals surface area contributed by atoms with Crippen LogP contribution in [0.25, 0.3) is 0 Å². The minimum Gasteiger partial charge on any atom is -0.338 e. The van der Waals surface area contributed by atoms with E-state index >= 15 is 0 Å². The first-order valence-corrected chi connectivity index (χ1v) is 5.50. The summed E-state index contributed by atoms with van der Waals surface area (Å²) in [6, 6.07) is 7.40. The Labute approximate surface area is 100 Å². The molecule has 0 saturated heterocycles. The molecule has 0 unspecified atom stereocenters. The molecule has 16 heavy (non-hydrogen) atoms. The number of urea groups is 1. The quantitative estimate of drug-likeness (QED) is 0.832. The summed E-state index contributed by atoms with van der Waals surface area (Å²) < 4.78 is 0. The lowest BCUT2D eigenvalue weighted by atomic mass is 10.1. The van der Waals surface area contributed by atoms with E-state index in [9.17, 15) is 4.79 Å². The van der Waals surface area contributed by atoms with E-state index in [2.05, 4.69) is 10.6 Å². The van der Waals surface area contributed by atoms with Crippen LogP contribution in [-0.2, 0) is 6.42 Å². The second-order valence-electron chi connectivity index (χ2n) is 3.28. The van der Waals surface area contributed by atoms with Crippen molar-refractivity contribution in [2.75, 3.05) is 6.54 Å². The van der Waals surface area contributed by atoms with E-state index in [0.29, 0.717) is 6.54 Å². The van der Waals surface area contributed by atoms with Gasteiger partial charge in [-0.25, -0.2) is 4.79 Å². The molecule has 0 aromatic heterocycles. The third-order valence-electron chi connectivity index (χ3n) is 1.99. The average Bonchev–Trinajstić information content (AvgIpc) is 2.29. The molecule has 0 saturated carbocycles. The minimum absolute atomic E-state index is 0.188. The maximum atomic E-state index is 11.2. The minimum atomic E-state index is -0.188. The molecule has 3 nitrogen and oxygen atoms in total. The molecule has 0 aliphatic heterocycles. The Morgan fingerprint density at radius 2 is 2.06 bits per heavy atom. The van der Waals surface area contributed by atoms with Crippen molar-refractivity contribution in [3.63, 3.8) is 0 Å². The van der Waals surface area contributed by atoms with Crippen molar-refractivity contribution >= 4 is 17.6 Å². The van der Waals surface area contributed by atoms with Crippen LogP contribution in [0.4, 0.5) is 4.79 Å². The molecule has 0 spiro atoms. The van der Waals surface area contributed by atoms with Gasteiger partial charge in [0.1, 0.15) is 0 Å². The van der Waals surface area contributed by atoms with Crippen molar-refractivity contribution in [1.29, 1.82) is 0 Å². The van der Waals surface area contributed by atoms with Gasteiger partial charge in [-0.1, -0.05) is 29.8 Å². The fourth-order valence-corrected chi connectivity index (χ4v) is 1.31. The van der Waals surface area contributed by atoms with Gasteiger partial charge in [-0.2, -0.15) is 0 Å². The van der Waals surface area contributed by atoms with Gasteiger partial charge in [-0.3, -0.25) is 0 Å². The van der Waals surface area contributed by atoms with Gasteiger partial charge in [-0.05, 0) is 31.0 Å². The maximum Gasteiger partial charge on any atom is 0.318 e. The highest BCUT2D eigenvalue weighted by molar-refractivity contribution is 6.30. The van der Waals surface area contributed by atoms with Crippen LogP contribution < -0.4 is 10.6 Å². The number of hydrogen-bond donors (Lipinski definition) is 2. The Morgan fingerprint density at radius 3 is 2.69 bits per heavy atom. The molecule has 1 aromatic carbocycles. The highest BCUT2D eigenvalue weighted by atomic mass is 35.5. The molecule has 0 atom stereocenters. The third kappa shape index (κ3) is 4.84. The standard InChI is InChI=1S/C12H15ClN2O/c1-2-8-14-12(16)15-9-7-10-3-5-11(13)6-4-10/h2-6,8H,7,9H2,1H3,(H2,14,15,16)/b8-2+. The summed E-state index contributed by atoms with van der Waals surface area (Å²) in [5.41, 5.74) is 1.15. The summed E-state index contributed by atoms with van der Waals surface area (Å²) in [6.07, 6.45) is 4.15. The first kappa shape index (κ1) is 12.6. The van der Waals surface area contributed by atoms with E-state index in [1.807, 2.05) is 31.2 Å². The van der Waals surface area contributed by atoms with Crippen LogP contribution in [0, 0.1) is 0 Å². The highest BCUT2D eigenvalue weighted by Gasteiger charge is 1.97. The lowest BCUT2D eigenvalue weighted by molar-refractivity contribution is 0.244. The number of hydrogen-bond acceptors (Lipinski definition) is 1. The number of rotatable bonds is 4. The summed E-state index contributed by atoms with van der Waals surface area (Å²) >= 11 is 5.77. The third-order valence-corrected chi connectivity index (χ3v) is 2.25. The Hall–Kier alpha value is -1.48. The van der Waals surface area contributed by atoms with Gasteiger partial charge in [0.2, 0.25) is 0 Å². The zero-order valence-electron chi connectivity index (χ0n) is 9.16. The fourth-order valence-electron chi connectivity index (χ4n) is 1.18. The van der Waals surface area contributed by atoms with Crippen molar-refractivity contribution in [3.8, 4) is 0 Å². The monoisotopic (exact) mass is 238 g/mol. The van der Waals surface area contributed by atoms with E-state index in [0.717, 1.165) is 17.0 Å². The molecule has 86 valence electrons. The van der Waals surface area contributed by atoms with E-state index in [1.165, 1.54) is 0 Å². The molecule has 4 heteroatoms. The number of allylic oxidation sites excluding steroid dienone is 1. The molecule has 2 N–H and O–H groups in total. The topological polar surface area (TPSA) is 41.1 Å². The van der Waals surface area contributed by atoms with Crippen molar-refractivity contribution in [2.45, 2.75) is 13.3 Å². The van der Waals surface area contributed by atoms with Crippen LogP contribution in [0.5, 0.6) is 0 Å². The number of nitrogens with one attached hydrogen (secondary N) is 2. The Kier molecular flexibility index (Phi) is 5.43. The van der Waals surface area contributed by atoms with Crippen LogP contribution in [0.1, 0.15) is 12.5 Å². The van der Waals surface area contributed by atoms with Crippen molar-refractivity contribution in [3.05, 3.63) is 47.1 Å². The predicted octanol–water partition coefficient (Wildman–Crippen LogP) is 2.72. The summed E-state index contributed by atoms with van der Waals surface area (Å²) in [4.78, 5) is 11.2. The van der Waals surface area contributed by atoms with Gasteiger partial charge in [-0.15, -0.1) is 0 Å². The van der Waals surface area contributed by atoms with Crippen LogP contribution in [0.2, 0.25) is 5.02 Å². The normalized spacial score (nSPS) is 10.4. The zero-order chi connectivity index (χ0) is 11.8. The molecular formula is C12H15ClN2O. The number of carbonyl (C=O) groups is 1.